The summed E-state index contributed by atoms with van der Waals surface area (Å²) < 4.78 is 0.604. The number of nitrogens with zero attached hydrogens (tertiary/aromatic N) is 2. The lowest BCUT2D eigenvalue weighted by molar-refractivity contribution is -0.149. The highest BCUT2D eigenvalue weighted by molar-refractivity contribution is 9.11. The lowest BCUT2D eigenvalue weighted by Crippen LogP contribution is -2.58. The number of rotatable bonds is 5. The van der Waals surface area contributed by atoms with E-state index in [-0.39, 0.29) is 17.9 Å². The third-order valence-electron chi connectivity index (χ3n) is 3.39. The number of carbonyl (C=O) groups excluding carboxylic acids is 2. The lowest BCUT2D eigenvalue weighted by atomic mass is 10.1. The molecule has 1 aliphatic rings. The van der Waals surface area contributed by atoms with Crippen LogP contribution in [0.25, 0.3) is 0 Å². The normalized spacial score (nSPS) is 20.1. The zero-order chi connectivity index (χ0) is 15.3. The van der Waals surface area contributed by atoms with Crippen molar-refractivity contribution in [3.8, 4) is 0 Å². The van der Waals surface area contributed by atoms with Crippen molar-refractivity contribution in [2.45, 2.75) is 26.3 Å². The van der Waals surface area contributed by atoms with E-state index < -0.39 is 0 Å². The molecule has 1 fully saturated rings. The van der Waals surface area contributed by atoms with Crippen LogP contribution in [0, 0.1) is 0 Å². The van der Waals surface area contributed by atoms with Crippen molar-refractivity contribution in [2.75, 3.05) is 19.6 Å². The summed E-state index contributed by atoms with van der Waals surface area (Å²) in [6.45, 7) is 13.0. The van der Waals surface area contributed by atoms with E-state index in [0.29, 0.717) is 36.1 Å². The lowest BCUT2D eigenvalue weighted by Gasteiger charge is -2.40. The molecule has 5 heteroatoms. The van der Waals surface area contributed by atoms with E-state index in [4.69, 9.17) is 0 Å². The van der Waals surface area contributed by atoms with Gasteiger partial charge < -0.3 is 9.80 Å². The van der Waals surface area contributed by atoms with Crippen molar-refractivity contribution < 1.29 is 9.59 Å². The van der Waals surface area contributed by atoms with Crippen LogP contribution in [0.2, 0.25) is 0 Å². The molecule has 0 aromatic carbocycles. The molecule has 0 aliphatic carbocycles. The zero-order valence-corrected chi connectivity index (χ0v) is 13.6. The second-order valence-electron chi connectivity index (χ2n) is 4.59. The number of amides is 2. The largest absolute Gasteiger partial charge is 0.339 e. The summed E-state index contributed by atoms with van der Waals surface area (Å²) in [5.74, 6) is -0.146. The van der Waals surface area contributed by atoms with Crippen molar-refractivity contribution in [3.63, 3.8) is 0 Å². The molecule has 0 bridgehead atoms. The Balaban J connectivity index is 3.00. The standard InChI is InChI=1S/C15H21BrN2O2/c1-5-12(10-11(4)16)14(19)18-9-8-17(7-3)15(20)13(18)6-2/h5,10,13H,1,4,6-9H2,2-3H3/b12-10+. The second kappa shape index (κ2) is 7.43. The summed E-state index contributed by atoms with van der Waals surface area (Å²) in [6, 6.07) is -0.386. The van der Waals surface area contributed by atoms with Crippen LogP contribution in [-0.2, 0) is 9.59 Å². The van der Waals surface area contributed by atoms with E-state index in [1.807, 2.05) is 13.8 Å². The van der Waals surface area contributed by atoms with E-state index in [1.54, 1.807) is 15.9 Å². The van der Waals surface area contributed by atoms with E-state index >= 15 is 0 Å². The molecular weight excluding hydrogens is 320 g/mol. The Morgan fingerprint density at radius 1 is 1.45 bits per heavy atom. The van der Waals surface area contributed by atoms with Gasteiger partial charge in [0.2, 0.25) is 5.91 Å². The summed E-state index contributed by atoms with van der Waals surface area (Å²) in [5.41, 5.74) is 0.447. The van der Waals surface area contributed by atoms with Gasteiger partial charge in [0.25, 0.3) is 5.91 Å². The van der Waals surface area contributed by atoms with E-state index in [0.717, 1.165) is 0 Å². The molecule has 1 unspecified atom stereocenters. The Morgan fingerprint density at radius 2 is 2.10 bits per heavy atom. The van der Waals surface area contributed by atoms with E-state index in [2.05, 4.69) is 29.1 Å². The number of allylic oxidation sites excluding steroid dienone is 2. The molecule has 2 amide bonds. The quantitative estimate of drug-likeness (QED) is 0.569. The molecule has 20 heavy (non-hydrogen) atoms. The fourth-order valence-electron chi connectivity index (χ4n) is 2.33. The molecule has 0 spiro atoms. The molecule has 0 N–H and O–H groups in total. The third kappa shape index (κ3) is 3.60. The topological polar surface area (TPSA) is 40.6 Å². The number of halogens is 1. The predicted molar refractivity (Wildman–Crippen MR) is 84.4 cm³/mol. The summed E-state index contributed by atoms with van der Waals surface area (Å²) in [7, 11) is 0. The van der Waals surface area contributed by atoms with Gasteiger partial charge in [0, 0.05) is 29.7 Å². The minimum Gasteiger partial charge on any atom is -0.339 e. The Morgan fingerprint density at radius 3 is 2.55 bits per heavy atom. The molecule has 1 aliphatic heterocycles. The zero-order valence-electron chi connectivity index (χ0n) is 12.1. The minimum absolute atomic E-state index is 0.0238. The molecule has 1 heterocycles. The maximum Gasteiger partial charge on any atom is 0.254 e. The Hall–Kier alpha value is -1.36. The van der Waals surface area contributed by atoms with E-state index in [1.165, 1.54) is 6.08 Å². The van der Waals surface area contributed by atoms with Gasteiger partial charge in [-0.2, -0.15) is 0 Å². The fourth-order valence-corrected chi connectivity index (χ4v) is 2.58. The molecule has 1 saturated heterocycles. The number of likely N-dealkylation sites (N-methyl/N-ethyl adjacent to an activating group) is 1. The number of hydrogen-bond acceptors (Lipinski definition) is 2. The SMILES string of the molecule is C=C/C(=C\C(=C)Br)C(=O)N1CCN(CC)C(=O)C1CC. The Bertz CT molecular complexity index is 457. The first-order valence-electron chi connectivity index (χ1n) is 6.74. The van der Waals surface area contributed by atoms with Gasteiger partial charge in [-0.05, 0) is 19.4 Å². The van der Waals surface area contributed by atoms with Crippen molar-refractivity contribution in [1.29, 1.82) is 0 Å². The predicted octanol–water partition coefficient (Wildman–Crippen LogP) is 2.48. The summed E-state index contributed by atoms with van der Waals surface area (Å²) >= 11 is 3.21. The van der Waals surface area contributed by atoms with Gasteiger partial charge in [0.15, 0.2) is 0 Å². The first-order valence-corrected chi connectivity index (χ1v) is 7.53. The molecule has 0 aromatic rings. The van der Waals surface area contributed by atoms with Gasteiger partial charge in [-0.25, -0.2) is 0 Å². The first kappa shape index (κ1) is 16.7. The molecule has 0 radical (unpaired) electrons. The maximum atomic E-state index is 12.5. The monoisotopic (exact) mass is 340 g/mol. The van der Waals surface area contributed by atoms with Gasteiger partial charge in [-0.15, -0.1) is 0 Å². The molecule has 110 valence electrons. The maximum absolute atomic E-state index is 12.5. The van der Waals surface area contributed by atoms with Crippen LogP contribution < -0.4 is 0 Å². The van der Waals surface area contributed by atoms with E-state index in [9.17, 15) is 9.59 Å². The van der Waals surface area contributed by atoms with Gasteiger partial charge in [0.05, 0.1) is 0 Å². The van der Waals surface area contributed by atoms with Gasteiger partial charge in [0.1, 0.15) is 6.04 Å². The van der Waals surface area contributed by atoms with Crippen LogP contribution in [0.4, 0.5) is 0 Å². The molecule has 4 nitrogen and oxygen atoms in total. The van der Waals surface area contributed by atoms with Crippen molar-refractivity contribution >= 4 is 27.7 Å². The van der Waals surface area contributed by atoms with Crippen LogP contribution >= 0.6 is 15.9 Å². The highest BCUT2D eigenvalue weighted by Gasteiger charge is 2.35. The summed E-state index contributed by atoms with van der Waals surface area (Å²) in [4.78, 5) is 28.3. The Labute approximate surface area is 128 Å². The number of hydrogen-bond donors (Lipinski definition) is 0. The van der Waals surface area contributed by atoms with Crippen LogP contribution in [-0.4, -0.2) is 47.3 Å². The average Bonchev–Trinajstić information content (AvgIpc) is 2.43. The van der Waals surface area contributed by atoms with Gasteiger partial charge in [-0.3, -0.25) is 9.59 Å². The second-order valence-corrected chi connectivity index (χ2v) is 5.61. The average molecular weight is 341 g/mol. The molecule has 0 aromatic heterocycles. The molecule has 1 rings (SSSR count). The summed E-state index contributed by atoms with van der Waals surface area (Å²) in [6.07, 6.45) is 3.73. The fraction of sp³-hybridized carbons (Fsp3) is 0.467. The van der Waals surface area contributed by atoms with Crippen molar-refractivity contribution in [1.82, 2.24) is 9.80 Å². The molecule has 1 atom stereocenters. The summed E-state index contributed by atoms with van der Waals surface area (Å²) in [5, 5.41) is 0. The van der Waals surface area contributed by atoms with Crippen LogP contribution in [0.1, 0.15) is 20.3 Å². The van der Waals surface area contributed by atoms with Crippen molar-refractivity contribution in [2.24, 2.45) is 0 Å². The third-order valence-corrected chi connectivity index (χ3v) is 3.62. The minimum atomic E-state index is -0.386. The number of carbonyl (C=O) groups is 2. The Kier molecular flexibility index (Phi) is 6.20. The molecule has 0 saturated carbocycles. The van der Waals surface area contributed by atoms with Crippen LogP contribution in [0.15, 0.2) is 35.4 Å². The van der Waals surface area contributed by atoms with Gasteiger partial charge >= 0.3 is 0 Å². The van der Waals surface area contributed by atoms with Crippen molar-refractivity contribution in [3.05, 3.63) is 35.4 Å². The highest BCUT2D eigenvalue weighted by atomic mass is 79.9. The first-order chi connectivity index (χ1) is 9.46. The number of piperazine rings is 1. The van der Waals surface area contributed by atoms with Crippen LogP contribution in [0.5, 0.6) is 0 Å². The smallest absolute Gasteiger partial charge is 0.254 e. The highest BCUT2D eigenvalue weighted by Crippen LogP contribution is 2.19. The van der Waals surface area contributed by atoms with Gasteiger partial charge in [-0.1, -0.05) is 42.1 Å². The molecular formula is C15H21BrN2O2. The van der Waals surface area contributed by atoms with Crippen LogP contribution in [0.3, 0.4) is 0 Å².